The number of rotatable bonds is 15. The zero-order chi connectivity index (χ0) is 55.9. The molecule has 0 spiro atoms. The van der Waals surface area contributed by atoms with Crippen LogP contribution in [0.15, 0.2) is 176 Å². The first-order chi connectivity index (χ1) is 39.4. The number of benzene rings is 7. The Morgan fingerprint density at radius 2 is 0.938 bits per heavy atom. The van der Waals surface area contributed by atoms with Gasteiger partial charge in [-0.3, -0.25) is 8.88 Å². The highest BCUT2D eigenvalue weighted by molar-refractivity contribution is 7.79. The second kappa shape index (κ2) is 24.9. The summed E-state index contributed by atoms with van der Waals surface area (Å²) in [5.74, 6) is 1.78. The Bertz CT molecular complexity index is 3100. The van der Waals surface area contributed by atoms with Crippen LogP contribution in [-0.2, 0) is 11.8 Å². The summed E-state index contributed by atoms with van der Waals surface area (Å²) in [5.41, 5.74) is 14.9. The van der Waals surface area contributed by atoms with Crippen LogP contribution < -0.4 is 15.9 Å². The first kappa shape index (κ1) is 57.5. The number of hydrogen-bond acceptors (Lipinski definition) is 6. The molecule has 6 nitrogen and oxygen atoms in total. The van der Waals surface area contributed by atoms with Gasteiger partial charge in [-0.1, -0.05) is 216 Å². The Hall–Kier alpha value is -3.98. The maximum absolute atomic E-state index is 3.21. The molecule has 4 fully saturated rings. The summed E-state index contributed by atoms with van der Waals surface area (Å²) in [4.78, 5) is 0. The maximum atomic E-state index is 3.21. The molecule has 4 unspecified atom stereocenters. The van der Waals surface area contributed by atoms with E-state index in [9.17, 15) is 0 Å². The molecule has 0 amide bonds. The minimum Gasteiger partial charge on any atom is -0.252 e. The number of fused-ring (bicyclic) bond motifs is 3. The van der Waals surface area contributed by atoms with Gasteiger partial charge in [-0.2, -0.15) is 0 Å². The molecular weight excluding hydrogens is 1060 g/mol. The Morgan fingerprint density at radius 3 is 1.41 bits per heavy atom. The molecule has 7 aromatic rings. The van der Waals surface area contributed by atoms with Gasteiger partial charge in [0.1, 0.15) is 0 Å². The normalized spacial score (nSPS) is 25.2. The molecule has 81 heavy (non-hydrogen) atoms. The van der Waals surface area contributed by atoms with E-state index in [0.29, 0.717) is 23.1 Å². The zero-order valence-corrected chi connectivity index (χ0v) is 53.4. The summed E-state index contributed by atoms with van der Waals surface area (Å²) < 4.78 is 6.15. The van der Waals surface area contributed by atoms with E-state index in [4.69, 9.17) is 0 Å². The monoisotopic (exact) mass is 1150 g/mol. The highest BCUT2D eigenvalue weighted by atomic mass is 31.2. The predicted molar refractivity (Wildman–Crippen MR) is 351 cm³/mol. The molecule has 0 saturated carbocycles. The third-order valence-corrected chi connectivity index (χ3v) is 31.7. The van der Waals surface area contributed by atoms with Crippen LogP contribution in [0.5, 0.6) is 0 Å². The van der Waals surface area contributed by atoms with Gasteiger partial charge in [0.05, 0.1) is 23.1 Å². The topological polar surface area (TPSA) is 19.4 Å². The molecule has 10 heteroatoms. The van der Waals surface area contributed by atoms with Crippen molar-refractivity contribution in [3.63, 3.8) is 0 Å². The molecule has 422 valence electrons. The molecule has 0 bridgehead atoms. The van der Waals surface area contributed by atoms with E-state index < -0.39 is 32.3 Å². The van der Waals surface area contributed by atoms with Crippen LogP contribution in [0.25, 0.3) is 0 Å². The van der Waals surface area contributed by atoms with Crippen molar-refractivity contribution < 1.29 is 0 Å². The smallest absolute Gasteiger partial charge is 0.0847 e. The minimum atomic E-state index is -0.930. The molecule has 4 saturated heterocycles. The molecule has 0 aromatic heterocycles. The minimum absolute atomic E-state index is 0.0224. The third-order valence-electron chi connectivity index (χ3n) is 18.8. The zero-order valence-electron chi connectivity index (χ0n) is 49.9. The van der Waals surface area contributed by atoms with Crippen molar-refractivity contribution in [2.24, 2.45) is 5.92 Å². The summed E-state index contributed by atoms with van der Waals surface area (Å²) in [5, 5.41) is 15.9. The average molecular weight is 1150 g/mol. The Morgan fingerprint density at radius 1 is 0.506 bits per heavy atom. The Kier molecular flexibility index (Phi) is 17.7. The van der Waals surface area contributed by atoms with Crippen LogP contribution >= 0.6 is 32.3 Å². The molecule has 12 rings (SSSR count). The quantitative estimate of drug-likeness (QED) is 0.0946. The van der Waals surface area contributed by atoms with Gasteiger partial charge in [0.2, 0.25) is 0 Å². The molecule has 7 aromatic carbocycles. The number of nitrogens with zero attached hydrogens (tertiary/aromatic N) is 6. The van der Waals surface area contributed by atoms with Crippen LogP contribution in [0.1, 0.15) is 158 Å². The predicted octanol–water partition coefficient (Wildman–Crippen LogP) is 17.6. The maximum Gasteiger partial charge on any atom is 0.0847 e. The van der Waals surface area contributed by atoms with Gasteiger partial charge in [0.15, 0.2) is 0 Å². The second-order valence-electron chi connectivity index (χ2n) is 24.7. The van der Waals surface area contributed by atoms with Crippen molar-refractivity contribution in [3.8, 4) is 0 Å². The van der Waals surface area contributed by atoms with E-state index in [-0.39, 0.29) is 17.0 Å². The fourth-order valence-electron chi connectivity index (χ4n) is 14.6. The van der Waals surface area contributed by atoms with E-state index in [1.165, 1.54) is 106 Å². The molecule has 5 aliphatic heterocycles. The summed E-state index contributed by atoms with van der Waals surface area (Å²) in [6.07, 6.45) is 9.62. The van der Waals surface area contributed by atoms with Crippen molar-refractivity contribution in [3.05, 3.63) is 232 Å². The van der Waals surface area contributed by atoms with Gasteiger partial charge >= 0.3 is 0 Å². The fraction of sp³-hybridized carbons (Fsp3) is 0.408. The largest absolute Gasteiger partial charge is 0.252 e. The summed E-state index contributed by atoms with van der Waals surface area (Å²) in [6, 6.07) is 69.6. The lowest BCUT2D eigenvalue weighted by atomic mass is 9.72. The molecular formula is C71H88N6P4. The molecule has 0 aliphatic carbocycles. The van der Waals surface area contributed by atoms with Crippen LogP contribution in [0.4, 0.5) is 0 Å². The number of hydrazine groups is 2. The van der Waals surface area contributed by atoms with Crippen LogP contribution in [0, 0.1) is 26.7 Å². The van der Waals surface area contributed by atoms with Crippen molar-refractivity contribution in [2.75, 3.05) is 39.8 Å². The third kappa shape index (κ3) is 11.3. The van der Waals surface area contributed by atoms with Crippen LogP contribution in [0.3, 0.4) is 0 Å². The van der Waals surface area contributed by atoms with Gasteiger partial charge in [-0.15, -0.1) is 0 Å². The van der Waals surface area contributed by atoms with Gasteiger partial charge in [0, 0.05) is 65.0 Å². The Balaban J connectivity index is 0.950. The van der Waals surface area contributed by atoms with E-state index in [1.807, 2.05) is 0 Å². The molecule has 5 heterocycles. The van der Waals surface area contributed by atoms with Gasteiger partial charge in [0.25, 0.3) is 0 Å². The van der Waals surface area contributed by atoms with Crippen molar-refractivity contribution in [1.82, 2.24) is 28.9 Å². The summed E-state index contributed by atoms with van der Waals surface area (Å²) in [7, 11) is -0.587. The van der Waals surface area contributed by atoms with E-state index >= 15 is 0 Å². The SMILES string of the molecule is CCCCN(P1c2ccc(Cc3cc(C)cc(P(c4cc(C)cc(C)c4)N(C)P4[C@H](c5ccccc5)N5CCCCN5[C@H]4c4ccccc4)c3)cc2C(C)(C)C(C)C1C)P1[C@H](c2ccccc2)N2CCCCCN2[C@H]1c1ccccc1. The van der Waals surface area contributed by atoms with Crippen LogP contribution in [0.2, 0.25) is 0 Å². The lowest BCUT2D eigenvalue weighted by molar-refractivity contribution is -0.0531. The number of unbranched alkanes of at least 4 members (excludes halogenated alkanes) is 1. The summed E-state index contributed by atoms with van der Waals surface area (Å²) >= 11 is 0. The number of aryl methyl sites for hydroxylation is 3. The fourth-order valence-corrected chi connectivity index (χ4v) is 30.3. The number of hydrogen-bond donors (Lipinski definition) is 0. The lowest BCUT2D eigenvalue weighted by Crippen LogP contribution is -2.46. The van der Waals surface area contributed by atoms with E-state index in [0.717, 1.165) is 39.1 Å². The second-order valence-corrected chi connectivity index (χ2v) is 34.6. The first-order valence-corrected chi connectivity index (χ1v) is 36.2. The van der Waals surface area contributed by atoms with E-state index in [1.54, 1.807) is 10.9 Å². The van der Waals surface area contributed by atoms with Gasteiger partial charge in [-0.05, 0) is 162 Å². The lowest BCUT2D eigenvalue weighted by Gasteiger charge is -2.52. The van der Waals surface area contributed by atoms with Crippen molar-refractivity contribution >= 4 is 48.2 Å². The first-order valence-electron chi connectivity index (χ1n) is 30.7. The van der Waals surface area contributed by atoms with Gasteiger partial charge in [-0.25, -0.2) is 20.0 Å². The average Bonchev–Trinajstić information content (AvgIpc) is 3.72. The van der Waals surface area contributed by atoms with Crippen molar-refractivity contribution in [1.29, 1.82) is 0 Å². The van der Waals surface area contributed by atoms with E-state index in [2.05, 4.69) is 267 Å². The van der Waals surface area contributed by atoms with Gasteiger partial charge < -0.3 is 0 Å². The molecule has 5 aliphatic rings. The summed E-state index contributed by atoms with van der Waals surface area (Å²) in [6.45, 7) is 25.4. The van der Waals surface area contributed by atoms with Crippen LogP contribution in [-0.4, -0.2) is 74.3 Å². The Labute approximate surface area is 492 Å². The van der Waals surface area contributed by atoms with Crippen molar-refractivity contribution in [2.45, 2.75) is 141 Å². The highest BCUT2D eigenvalue weighted by Gasteiger charge is 2.56. The molecule has 8 atom stereocenters. The highest BCUT2D eigenvalue weighted by Crippen LogP contribution is 2.79. The standard InChI is InChI=1S/C71H88N6P4/c1-10-11-43-77(81-69(61-33-21-14-22-34-61)75-39-25-16-26-40-76(75)70(81)62-35-23-15-24-36-62)78-56(6)55(5)71(7,8)65-51-57(37-38-66(65)78)49-58-45-54(4)48-64(50-58)79(63-46-52(2)44-53(3)47-63)72(9)80-67(59-29-17-12-18-30-59)73-41-27-28-42-74(73)68(80)60-31-19-13-20-32-60/h12-15,17-24,29-38,44-48,50-51,55-56,67-70H,10-11,16,25-28,39-43,49H2,1-9H3/t55?,56?,67-,68-,69-,70-,78?,79?/m1/s1. The molecule has 0 radical (unpaired) electrons. The molecule has 0 N–H and O–H groups in total.